The van der Waals surface area contributed by atoms with Crippen LogP contribution in [0, 0.1) is 5.92 Å². The molecule has 0 fully saturated rings. The summed E-state index contributed by atoms with van der Waals surface area (Å²) in [5, 5.41) is 3.80. The molecule has 1 N–H and O–H groups in total. The second-order valence-electron chi connectivity index (χ2n) is 6.31. The standard InChI is InChI=1S/C20H20BrN/c1-2-13-9-10-19-18(11-13)16-7-4-8-17(16)20(22-19)14-5-3-6-15(21)12-14/h3-7,9-12,16-17,20,22H,2,8H2,1H3/t16-,17+,20-/m1/s1. The van der Waals surface area contributed by atoms with Gasteiger partial charge in [-0.25, -0.2) is 0 Å². The molecule has 22 heavy (non-hydrogen) atoms. The minimum absolute atomic E-state index is 0.387. The minimum atomic E-state index is 0.387. The normalized spacial score (nSPS) is 25.5. The van der Waals surface area contributed by atoms with Crippen molar-refractivity contribution in [1.82, 2.24) is 0 Å². The van der Waals surface area contributed by atoms with Crippen LogP contribution in [0.25, 0.3) is 0 Å². The Morgan fingerprint density at radius 1 is 1.18 bits per heavy atom. The molecule has 0 saturated heterocycles. The van der Waals surface area contributed by atoms with Crippen LogP contribution in [-0.2, 0) is 6.42 Å². The average Bonchev–Trinajstić information content (AvgIpc) is 3.03. The van der Waals surface area contributed by atoms with Crippen molar-refractivity contribution >= 4 is 21.6 Å². The van der Waals surface area contributed by atoms with Crippen molar-refractivity contribution in [2.45, 2.75) is 31.7 Å². The molecule has 2 aromatic carbocycles. The Bertz CT molecular complexity index is 734. The summed E-state index contributed by atoms with van der Waals surface area (Å²) < 4.78 is 1.15. The monoisotopic (exact) mass is 353 g/mol. The smallest absolute Gasteiger partial charge is 0.0554 e. The van der Waals surface area contributed by atoms with Crippen LogP contribution >= 0.6 is 15.9 Å². The topological polar surface area (TPSA) is 12.0 Å². The number of hydrogen-bond acceptors (Lipinski definition) is 1. The fraction of sp³-hybridized carbons (Fsp3) is 0.300. The maximum Gasteiger partial charge on any atom is 0.0554 e. The Balaban J connectivity index is 1.78. The number of nitrogens with one attached hydrogen (secondary N) is 1. The summed E-state index contributed by atoms with van der Waals surface area (Å²) in [5.74, 6) is 1.17. The number of anilines is 1. The van der Waals surface area contributed by atoms with Gasteiger partial charge in [-0.05, 0) is 53.6 Å². The van der Waals surface area contributed by atoms with Crippen molar-refractivity contribution in [3.05, 3.63) is 75.8 Å². The van der Waals surface area contributed by atoms with Gasteiger partial charge in [0.15, 0.2) is 0 Å². The molecule has 3 atom stereocenters. The van der Waals surface area contributed by atoms with Crippen LogP contribution in [0.5, 0.6) is 0 Å². The minimum Gasteiger partial charge on any atom is -0.378 e. The molecular formula is C20H20BrN. The van der Waals surface area contributed by atoms with Crippen molar-refractivity contribution in [3.63, 3.8) is 0 Å². The summed E-state index contributed by atoms with van der Waals surface area (Å²) in [6.45, 7) is 2.23. The van der Waals surface area contributed by atoms with Crippen molar-refractivity contribution in [2.75, 3.05) is 5.32 Å². The van der Waals surface area contributed by atoms with Gasteiger partial charge in [0.05, 0.1) is 6.04 Å². The molecule has 112 valence electrons. The summed E-state index contributed by atoms with van der Waals surface area (Å²) in [4.78, 5) is 0. The van der Waals surface area contributed by atoms with Crippen molar-refractivity contribution in [3.8, 4) is 0 Å². The molecule has 1 nitrogen and oxygen atoms in total. The highest BCUT2D eigenvalue weighted by Gasteiger charge is 2.37. The summed E-state index contributed by atoms with van der Waals surface area (Å²) >= 11 is 3.61. The quantitative estimate of drug-likeness (QED) is 0.668. The molecule has 0 saturated carbocycles. The van der Waals surface area contributed by atoms with Gasteiger partial charge in [-0.3, -0.25) is 0 Å². The number of halogens is 1. The predicted molar refractivity (Wildman–Crippen MR) is 96.3 cm³/mol. The molecule has 2 aliphatic rings. The Kier molecular flexibility index (Phi) is 3.57. The van der Waals surface area contributed by atoms with Crippen molar-refractivity contribution in [1.29, 1.82) is 0 Å². The van der Waals surface area contributed by atoms with Gasteiger partial charge in [0.2, 0.25) is 0 Å². The fourth-order valence-corrected chi connectivity index (χ4v) is 4.31. The Hall–Kier alpha value is -1.54. The molecule has 2 aromatic rings. The van der Waals surface area contributed by atoms with Gasteiger partial charge < -0.3 is 5.32 Å². The zero-order valence-corrected chi connectivity index (χ0v) is 14.3. The average molecular weight is 354 g/mol. The van der Waals surface area contributed by atoms with E-state index in [2.05, 4.69) is 82.8 Å². The first-order valence-electron chi connectivity index (χ1n) is 8.07. The maximum atomic E-state index is 3.80. The Morgan fingerprint density at radius 2 is 2.09 bits per heavy atom. The molecule has 0 bridgehead atoms. The van der Waals surface area contributed by atoms with Crippen LogP contribution in [0.1, 0.15) is 42.0 Å². The third kappa shape index (κ3) is 2.30. The van der Waals surface area contributed by atoms with E-state index < -0.39 is 0 Å². The van der Waals surface area contributed by atoms with E-state index in [1.807, 2.05) is 0 Å². The molecule has 0 aromatic heterocycles. The first kappa shape index (κ1) is 14.1. The number of allylic oxidation sites excluding steroid dienone is 2. The maximum absolute atomic E-state index is 3.80. The second-order valence-corrected chi connectivity index (χ2v) is 7.22. The molecule has 0 spiro atoms. The lowest BCUT2D eigenvalue weighted by Crippen LogP contribution is -2.29. The summed E-state index contributed by atoms with van der Waals surface area (Å²) in [5.41, 5.74) is 5.58. The second kappa shape index (κ2) is 5.58. The summed E-state index contributed by atoms with van der Waals surface area (Å²) in [6, 6.07) is 16.0. The fourth-order valence-electron chi connectivity index (χ4n) is 3.89. The third-order valence-electron chi connectivity index (χ3n) is 5.04. The highest BCUT2D eigenvalue weighted by Crippen LogP contribution is 2.50. The first-order valence-corrected chi connectivity index (χ1v) is 8.87. The van der Waals surface area contributed by atoms with Crippen molar-refractivity contribution in [2.24, 2.45) is 5.92 Å². The molecule has 2 heteroatoms. The number of rotatable bonds is 2. The number of hydrogen-bond donors (Lipinski definition) is 1. The van der Waals surface area contributed by atoms with Crippen LogP contribution in [0.15, 0.2) is 59.1 Å². The van der Waals surface area contributed by atoms with Gasteiger partial charge in [-0.1, -0.05) is 59.3 Å². The van der Waals surface area contributed by atoms with Gasteiger partial charge in [0.25, 0.3) is 0 Å². The number of aryl methyl sites for hydroxylation is 1. The highest BCUT2D eigenvalue weighted by atomic mass is 79.9. The zero-order valence-electron chi connectivity index (χ0n) is 12.7. The Labute approximate surface area is 140 Å². The number of benzene rings is 2. The molecular weight excluding hydrogens is 334 g/mol. The van der Waals surface area contributed by atoms with Gasteiger partial charge >= 0.3 is 0 Å². The molecule has 1 heterocycles. The lowest BCUT2D eigenvalue weighted by Gasteiger charge is -2.37. The molecule has 1 aliphatic carbocycles. The van der Waals surface area contributed by atoms with E-state index in [-0.39, 0.29) is 0 Å². The molecule has 0 amide bonds. The molecule has 0 radical (unpaired) electrons. The zero-order chi connectivity index (χ0) is 15.1. The highest BCUT2D eigenvalue weighted by molar-refractivity contribution is 9.10. The van der Waals surface area contributed by atoms with Crippen LogP contribution in [-0.4, -0.2) is 0 Å². The van der Waals surface area contributed by atoms with Crippen LogP contribution in [0.3, 0.4) is 0 Å². The van der Waals surface area contributed by atoms with Crippen molar-refractivity contribution < 1.29 is 0 Å². The van der Waals surface area contributed by atoms with Gasteiger partial charge in [-0.15, -0.1) is 0 Å². The van der Waals surface area contributed by atoms with E-state index >= 15 is 0 Å². The van der Waals surface area contributed by atoms with E-state index in [0.717, 1.165) is 17.3 Å². The largest absolute Gasteiger partial charge is 0.378 e. The lowest BCUT2D eigenvalue weighted by atomic mass is 9.76. The van der Waals surface area contributed by atoms with Crippen LogP contribution in [0.2, 0.25) is 0 Å². The number of fused-ring (bicyclic) bond motifs is 3. The third-order valence-corrected chi connectivity index (χ3v) is 5.54. The summed E-state index contributed by atoms with van der Waals surface area (Å²) in [7, 11) is 0. The SMILES string of the molecule is CCc1ccc2c(c1)[C@@H]1C=CC[C@@H]1[C@@H](c1cccc(Br)c1)N2. The van der Waals surface area contributed by atoms with E-state index in [1.165, 1.54) is 22.4 Å². The first-order chi connectivity index (χ1) is 10.8. The predicted octanol–water partition coefficient (Wildman–Crippen LogP) is 5.84. The summed E-state index contributed by atoms with van der Waals surface area (Å²) in [6.07, 6.45) is 7.03. The molecule has 4 rings (SSSR count). The van der Waals surface area contributed by atoms with E-state index in [4.69, 9.17) is 0 Å². The molecule has 0 unspecified atom stereocenters. The van der Waals surface area contributed by atoms with Gasteiger partial charge in [0.1, 0.15) is 0 Å². The lowest BCUT2D eigenvalue weighted by molar-refractivity contribution is 0.425. The Morgan fingerprint density at radius 3 is 2.91 bits per heavy atom. The molecule has 1 aliphatic heterocycles. The van der Waals surface area contributed by atoms with Crippen LogP contribution in [0.4, 0.5) is 5.69 Å². The van der Waals surface area contributed by atoms with Gasteiger partial charge in [-0.2, -0.15) is 0 Å². The van der Waals surface area contributed by atoms with E-state index in [9.17, 15) is 0 Å². The van der Waals surface area contributed by atoms with Crippen LogP contribution < -0.4 is 5.32 Å². The van der Waals surface area contributed by atoms with E-state index in [1.54, 1.807) is 0 Å². The van der Waals surface area contributed by atoms with E-state index in [0.29, 0.717) is 17.9 Å². The van der Waals surface area contributed by atoms with Gasteiger partial charge in [0, 0.05) is 16.1 Å².